The second-order valence-corrected chi connectivity index (χ2v) is 5.46. The number of halogens is 13. The predicted octanol–water partition coefficient (Wildman–Crippen LogP) is 7.69. The Bertz CT molecular complexity index is 486. The molecular formula is C15H17F13. The SMILES string of the molecule is C=C(F)C(C)(F)C(F)(F)F.C=CC(C)(F)C(F)(F)F.C=CC(C)(F)C(F)(F)F. The Morgan fingerprint density at radius 2 is 0.786 bits per heavy atom. The monoisotopic (exact) mass is 444 g/mol. The van der Waals surface area contributed by atoms with Gasteiger partial charge in [0.2, 0.25) is 11.3 Å². The summed E-state index contributed by atoms with van der Waals surface area (Å²) < 4.78 is 151. The Hall–Kier alpha value is -1.69. The molecule has 0 aliphatic carbocycles. The summed E-state index contributed by atoms with van der Waals surface area (Å²) in [6, 6.07) is 0. The van der Waals surface area contributed by atoms with Crippen LogP contribution in [0.5, 0.6) is 0 Å². The first-order valence-corrected chi connectivity index (χ1v) is 6.70. The van der Waals surface area contributed by atoms with Crippen molar-refractivity contribution in [1.29, 1.82) is 0 Å². The molecule has 0 bridgehead atoms. The van der Waals surface area contributed by atoms with Crippen molar-refractivity contribution in [3.05, 3.63) is 37.7 Å². The van der Waals surface area contributed by atoms with Crippen molar-refractivity contribution in [2.45, 2.75) is 56.3 Å². The number of allylic oxidation sites excluding steroid dienone is 3. The molecule has 0 saturated heterocycles. The fraction of sp³-hybridized carbons (Fsp3) is 0.600. The van der Waals surface area contributed by atoms with E-state index in [0.29, 0.717) is 13.8 Å². The zero-order valence-electron chi connectivity index (χ0n) is 14.7. The van der Waals surface area contributed by atoms with Crippen LogP contribution in [0.2, 0.25) is 0 Å². The molecule has 0 radical (unpaired) electrons. The Labute approximate surface area is 152 Å². The second kappa shape index (κ2) is 9.68. The van der Waals surface area contributed by atoms with Crippen LogP contribution in [0.1, 0.15) is 20.8 Å². The minimum Gasteiger partial charge on any atom is -0.230 e. The highest BCUT2D eigenvalue weighted by atomic mass is 19.4. The van der Waals surface area contributed by atoms with Crippen molar-refractivity contribution in [2.75, 3.05) is 0 Å². The van der Waals surface area contributed by atoms with Crippen LogP contribution in [0.3, 0.4) is 0 Å². The fourth-order valence-electron chi connectivity index (χ4n) is 0.385. The molecule has 0 N–H and O–H groups in total. The molecule has 0 aromatic carbocycles. The highest BCUT2D eigenvalue weighted by molar-refractivity contribution is 5.06. The van der Waals surface area contributed by atoms with E-state index in [9.17, 15) is 57.1 Å². The van der Waals surface area contributed by atoms with E-state index < -0.39 is 41.4 Å². The van der Waals surface area contributed by atoms with Crippen LogP contribution in [-0.4, -0.2) is 35.5 Å². The number of hydrogen-bond acceptors (Lipinski definition) is 0. The summed E-state index contributed by atoms with van der Waals surface area (Å²) in [5.41, 5.74) is -10.4. The van der Waals surface area contributed by atoms with Gasteiger partial charge < -0.3 is 0 Å². The first-order chi connectivity index (χ1) is 11.8. The van der Waals surface area contributed by atoms with E-state index in [1.165, 1.54) is 0 Å². The summed E-state index contributed by atoms with van der Waals surface area (Å²) in [5.74, 6) is -2.03. The van der Waals surface area contributed by atoms with E-state index >= 15 is 0 Å². The standard InChI is InChI=1S/C5H5F5.2C5H6F4/c1-3(6)4(2,7)5(8,9)10;2*1-3-4(2,6)5(7,8)9/h1H2,2H3;2*3H,1H2,2H3. The molecule has 0 amide bonds. The highest BCUT2D eigenvalue weighted by Crippen LogP contribution is 2.39. The lowest BCUT2D eigenvalue weighted by atomic mass is 10.1. The number of alkyl halides is 12. The maximum Gasteiger partial charge on any atom is 0.428 e. The van der Waals surface area contributed by atoms with Crippen LogP contribution in [0.4, 0.5) is 57.1 Å². The quantitative estimate of drug-likeness (QED) is 0.309. The lowest BCUT2D eigenvalue weighted by Gasteiger charge is -2.20. The molecule has 0 rings (SSSR count). The van der Waals surface area contributed by atoms with Gasteiger partial charge in [0, 0.05) is 0 Å². The third kappa shape index (κ3) is 9.49. The van der Waals surface area contributed by atoms with Gasteiger partial charge in [-0.05, 0) is 32.9 Å². The van der Waals surface area contributed by atoms with E-state index in [1.54, 1.807) is 0 Å². The van der Waals surface area contributed by atoms with E-state index in [-0.39, 0.29) is 19.1 Å². The Morgan fingerprint density at radius 3 is 0.786 bits per heavy atom. The van der Waals surface area contributed by atoms with Crippen LogP contribution in [-0.2, 0) is 0 Å². The van der Waals surface area contributed by atoms with Crippen LogP contribution in [0.15, 0.2) is 37.7 Å². The molecule has 0 spiro atoms. The molecule has 13 heteroatoms. The third-order valence-corrected chi connectivity index (χ3v) is 2.92. The lowest BCUT2D eigenvalue weighted by Crippen LogP contribution is -2.37. The van der Waals surface area contributed by atoms with E-state index in [2.05, 4.69) is 19.7 Å². The summed E-state index contributed by atoms with van der Waals surface area (Å²) in [5, 5.41) is 0. The molecule has 168 valence electrons. The maximum absolute atomic E-state index is 12.1. The maximum atomic E-state index is 12.1. The molecule has 0 nitrogen and oxygen atoms in total. The number of hydrogen-bond donors (Lipinski definition) is 0. The number of rotatable bonds is 3. The molecule has 0 heterocycles. The zero-order valence-corrected chi connectivity index (χ0v) is 14.7. The predicted molar refractivity (Wildman–Crippen MR) is 77.3 cm³/mol. The van der Waals surface area contributed by atoms with Crippen molar-refractivity contribution >= 4 is 0 Å². The molecular weight excluding hydrogens is 427 g/mol. The van der Waals surface area contributed by atoms with Gasteiger partial charge in [0.1, 0.15) is 5.83 Å². The summed E-state index contributed by atoms with van der Waals surface area (Å²) in [6.07, 6.45) is -14.4. The van der Waals surface area contributed by atoms with Crippen LogP contribution < -0.4 is 0 Å². The molecule has 0 saturated carbocycles. The van der Waals surface area contributed by atoms with Gasteiger partial charge >= 0.3 is 18.5 Å². The molecule has 28 heavy (non-hydrogen) atoms. The average Bonchev–Trinajstić information content (AvgIpc) is 2.44. The average molecular weight is 444 g/mol. The molecule has 0 aromatic heterocycles. The smallest absolute Gasteiger partial charge is 0.230 e. The van der Waals surface area contributed by atoms with Gasteiger partial charge in [0.05, 0.1) is 0 Å². The first kappa shape index (κ1) is 31.0. The minimum absolute atomic E-state index is 0.0787. The van der Waals surface area contributed by atoms with Gasteiger partial charge in [-0.1, -0.05) is 19.7 Å². The van der Waals surface area contributed by atoms with E-state index in [4.69, 9.17) is 0 Å². The van der Waals surface area contributed by atoms with E-state index in [1.807, 2.05) is 0 Å². The molecule has 3 atom stereocenters. The minimum atomic E-state index is -5.22. The molecule has 0 aliphatic rings. The molecule has 0 fully saturated rings. The van der Waals surface area contributed by atoms with Gasteiger partial charge in [0.25, 0.3) is 5.67 Å². The van der Waals surface area contributed by atoms with Crippen LogP contribution in [0, 0.1) is 0 Å². The topological polar surface area (TPSA) is 0 Å². The summed E-state index contributed by atoms with van der Waals surface area (Å²) in [7, 11) is 0. The summed E-state index contributed by atoms with van der Waals surface area (Å²) in [4.78, 5) is 0. The molecule has 0 aliphatic heterocycles. The van der Waals surface area contributed by atoms with Crippen LogP contribution in [0.25, 0.3) is 0 Å². The van der Waals surface area contributed by atoms with Gasteiger partial charge in [-0.25, -0.2) is 17.6 Å². The van der Waals surface area contributed by atoms with Gasteiger partial charge in [-0.3, -0.25) is 0 Å². The van der Waals surface area contributed by atoms with Crippen molar-refractivity contribution in [3.63, 3.8) is 0 Å². The third-order valence-electron chi connectivity index (χ3n) is 2.92. The highest BCUT2D eigenvalue weighted by Gasteiger charge is 2.55. The zero-order chi connectivity index (χ0) is 24.0. The van der Waals surface area contributed by atoms with Gasteiger partial charge in [-0.2, -0.15) is 39.5 Å². The Balaban J connectivity index is -0.000000336. The second-order valence-electron chi connectivity index (χ2n) is 5.46. The Kier molecular flexibility index (Phi) is 10.7. The van der Waals surface area contributed by atoms with Crippen molar-refractivity contribution < 1.29 is 57.1 Å². The van der Waals surface area contributed by atoms with Crippen LogP contribution >= 0.6 is 0 Å². The summed E-state index contributed by atoms with van der Waals surface area (Å²) in [6.45, 7) is 8.55. The normalized spacial score (nSPS) is 18.6. The Morgan fingerprint density at radius 1 is 0.571 bits per heavy atom. The lowest BCUT2D eigenvalue weighted by molar-refractivity contribution is -0.214. The molecule has 3 unspecified atom stereocenters. The fourth-order valence-corrected chi connectivity index (χ4v) is 0.385. The van der Waals surface area contributed by atoms with Crippen molar-refractivity contribution in [2.24, 2.45) is 0 Å². The van der Waals surface area contributed by atoms with Gasteiger partial charge in [0.15, 0.2) is 0 Å². The summed E-state index contributed by atoms with van der Waals surface area (Å²) >= 11 is 0. The molecule has 0 aromatic rings. The van der Waals surface area contributed by atoms with E-state index in [0.717, 1.165) is 0 Å². The van der Waals surface area contributed by atoms with Gasteiger partial charge in [-0.15, -0.1) is 0 Å². The first-order valence-electron chi connectivity index (χ1n) is 6.70. The van der Waals surface area contributed by atoms with Crippen molar-refractivity contribution in [1.82, 2.24) is 0 Å². The van der Waals surface area contributed by atoms with Crippen molar-refractivity contribution in [3.8, 4) is 0 Å². The largest absolute Gasteiger partial charge is 0.428 e.